The van der Waals surface area contributed by atoms with Crippen LogP contribution >= 0.6 is 0 Å². The molecule has 0 bridgehead atoms. The summed E-state index contributed by atoms with van der Waals surface area (Å²) in [6.45, 7) is 6.63. The first-order valence-corrected chi connectivity index (χ1v) is 10.5. The summed E-state index contributed by atoms with van der Waals surface area (Å²) in [5.41, 5.74) is 1.07. The molecule has 3 rings (SSSR count). The third kappa shape index (κ3) is 5.89. The highest BCUT2D eigenvalue weighted by atomic mass is 16.2. The number of carbonyl (C=O) groups excluding carboxylic acids is 1. The Morgan fingerprint density at radius 3 is 2.59 bits per heavy atom. The van der Waals surface area contributed by atoms with Crippen molar-refractivity contribution in [3.63, 3.8) is 0 Å². The first-order chi connectivity index (χ1) is 13.0. The molecule has 1 aliphatic carbocycles. The van der Waals surface area contributed by atoms with Crippen LogP contribution < -0.4 is 4.90 Å². The number of carbonyl (C=O) groups is 1. The topological polar surface area (TPSA) is 52.6 Å². The van der Waals surface area contributed by atoms with E-state index in [9.17, 15) is 4.79 Å². The van der Waals surface area contributed by atoms with Crippen molar-refractivity contribution in [2.45, 2.75) is 45.4 Å². The van der Waals surface area contributed by atoms with Crippen LogP contribution in [0.15, 0.2) is 12.4 Å². The van der Waals surface area contributed by atoms with Crippen LogP contribution in [0.25, 0.3) is 0 Å². The van der Waals surface area contributed by atoms with Crippen molar-refractivity contribution in [2.24, 2.45) is 11.8 Å². The fourth-order valence-corrected chi connectivity index (χ4v) is 4.53. The molecule has 2 fully saturated rings. The zero-order valence-electron chi connectivity index (χ0n) is 17.2. The lowest BCUT2D eigenvalue weighted by Gasteiger charge is -2.30. The lowest BCUT2D eigenvalue weighted by molar-refractivity contribution is -0.129. The predicted molar refractivity (Wildman–Crippen MR) is 109 cm³/mol. The second-order valence-electron chi connectivity index (χ2n) is 8.56. The smallest absolute Gasteiger partial charge is 0.219 e. The van der Waals surface area contributed by atoms with Gasteiger partial charge in [0, 0.05) is 65.5 Å². The highest BCUT2D eigenvalue weighted by Crippen LogP contribution is 2.26. The number of anilines is 1. The van der Waals surface area contributed by atoms with E-state index < -0.39 is 0 Å². The Morgan fingerprint density at radius 1 is 1.11 bits per heavy atom. The Bertz CT molecular complexity index is 614. The van der Waals surface area contributed by atoms with E-state index in [-0.39, 0.29) is 5.91 Å². The standard InChI is InChI=1S/C21H35N5O/c1-17(27)26-10-9-25(13-18-7-5-4-6-8-18)14-19(15-26)11-20-12-21(24(2)3)23-16-22-20/h12,16,18-19H,4-11,13-15H2,1-3H3/t19-/m1/s1. The van der Waals surface area contributed by atoms with Crippen LogP contribution in [0.2, 0.25) is 0 Å². The van der Waals surface area contributed by atoms with Crippen molar-refractivity contribution >= 4 is 11.7 Å². The maximum atomic E-state index is 12.1. The van der Waals surface area contributed by atoms with Crippen molar-refractivity contribution in [1.29, 1.82) is 0 Å². The molecule has 1 saturated carbocycles. The minimum absolute atomic E-state index is 0.191. The summed E-state index contributed by atoms with van der Waals surface area (Å²) in [6.07, 6.45) is 9.47. The van der Waals surface area contributed by atoms with E-state index in [4.69, 9.17) is 0 Å². The molecular weight excluding hydrogens is 338 g/mol. The molecule has 2 aliphatic rings. The van der Waals surface area contributed by atoms with Crippen LogP contribution in [-0.4, -0.2) is 72.5 Å². The normalized spacial score (nSPS) is 22.5. The van der Waals surface area contributed by atoms with Crippen molar-refractivity contribution < 1.29 is 4.79 Å². The SMILES string of the molecule is CC(=O)N1CCN(CC2CCCCC2)C[C@@H](Cc2cc(N(C)C)ncn2)C1. The Balaban J connectivity index is 1.68. The summed E-state index contributed by atoms with van der Waals surface area (Å²) in [5.74, 6) is 2.39. The molecule has 1 amide bonds. The van der Waals surface area contributed by atoms with E-state index in [0.717, 1.165) is 50.0 Å². The van der Waals surface area contributed by atoms with Crippen molar-refractivity contribution in [1.82, 2.24) is 19.8 Å². The largest absolute Gasteiger partial charge is 0.363 e. The second-order valence-corrected chi connectivity index (χ2v) is 8.56. The summed E-state index contributed by atoms with van der Waals surface area (Å²) in [7, 11) is 4.00. The number of hydrogen-bond acceptors (Lipinski definition) is 5. The number of rotatable bonds is 5. The van der Waals surface area contributed by atoms with E-state index >= 15 is 0 Å². The molecule has 1 aliphatic heterocycles. The molecule has 2 heterocycles. The number of hydrogen-bond donors (Lipinski definition) is 0. The van der Waals surface area contributed by atoms with Crippen molar-refractivity contribution in [2.75, 3.05) is 51.7 Å². The van der Waals surface area contributed by atoms with E-state index in [2.05, 4.69) is 20.9 Å². The molecule has 1 aromatic rings. The van der Waals surface area contributed by atoms with Crippen LogP contribution in [0.1, 0.15) is 44.7 Å². The van der Waals surface area contributed by atoms with Crippen LogP contribution in [0, 0.1) is 11.8 Å². The lowest BCUT2D eigenvalue weighted by atomic mass is 9.88. The summed E-state index contributed by atoms with van der Waals surface area (Å²) in [5, 5.41) is 0. The fraction of sp³-hybridized carbons (Fsp3) is 0.762. The van der Waals surface area contributed by atoms with Crippen LogP contribution in [0.5, 0.6) is 0 Å². The minimum atomic E-state index is 0.191. The first kappa shape index (κ1) is 20.1. The molecule has 0 aromatic carbocycles. The van der Waals surface area contributed by atoms with Gasteiger partial charge in [-0.05, 0) is 31.1 Å². The average molecular weight is 374 g/mol. The van der Waals surface area contributed by atoms with Gasteiger partial charge in [-0.15, -0.1) is 0 Å². The maximum absolute atomic E-state index is 12.1. The third-order valence-electron chi connectivity index (χ3n) is 6.03. The van der Waals surface area contributed by atoms with E-state index in [1.165, 1.54) is 38.6 Å². The lowest BCUT2D eigenvalue weighted by Crippen LogP contribution is -2.36. The minimum Gasteiger partial charge on any atom is -0.363 e. The van der Waals surface area contributed by atoms with Gasteiger partial charge in [0.05, 0.1) is 0 Å². The molecule has 0 spiro atoms. The van der Waals surface area contributed by atoms with E-state index in [1.54, 1.807) is 13.3 Å². The molecular formula is C21H35N5O. The average Bonchev–Trinajstić information content (AvgIpc) is 2.85. The van der Waals surface area contributed by atoms with Gasteiger partial charge >= 0.3 is 0 Å². The molecule has 6 heteroatoms. The van der Waals surface area contributed by atoms with E-state index in [0.29, 0.717) is 5.92 Å². The van der Waals surface area contributed by atoms with Gasteiger partial charge in [-0.2, -0.15) is 0 Å². The Hall–Kier alpha value is -1.69. The molecule has 1 atom stereocenters. The Morgan fingerprint density at radius 2 is 1.89 bits per heavy atom. The number of aromatic nitrogens is 2. The van der Waals surface area contributed by atoms with Gasteiger partial charge in [-0.25, -0.2) is 9.97 Å². The fourth-order valence-electron chi connectivity index (χ4n) is 4.53. The van der Waals surface area contributed by atoms with Gasteiger partial charge < -0.3 is 14.7 Å². The first-order valence-electron chi connectivity index (χ1n) is 10.5. The number of nitrogens with zero attached hydrogens (tertiary/aromatic N) is 5. The van der Waals surface area contributed by atoms with Gasteiger partial charge in [0.1, 0.15) is 12.1 Å². The Labute approximate surface area is 164 Å². The van der Waals surface area contributed by atoms with Crippen LogP contribution in [0.3, 0.4) is 0 Å². The van der Waals surface area contributed by atoms with Crippen molar-refractivity contribution in [3.05, 3.63) is 18.1 Å². The van der Waals surface area contributed by atoms with Crippen molar-refractivity contribution in [3.8, 4) is 0 Å². The summed E-state index contributed by atoms with van der Waals surface area (Å²) in [6, 6.07) is 2.08. The van der Waals surface area contributed by atoms with Gasteiger partial charge in [-0.1, -0.05) is 19.3 Å². The monoisotopic (exact) mass is 373 g/mol. The zero-order valence-corrected chi connectivity index (χ0v) is 17.2. The Kier molecular flexibility index (Phi) is 7.05. The van der Waals surface area contributed by atoms with Gasteiger partial charge in [0.25, 0.3) is 0 Å². The predicted octanol–water partition coefficient (Wildman–Crippen LogP) is 2.45. The van der Waals surface area contributed by atoms with Gasteiger partial charge in [0.2, 0.25) is 5.91 Å². The molecule has 0 unspecified atom stereocenters. The molecule has 27 heavy (non-hydrogen) atoms. The highest BCUT2D eigenvalue weighted by Gasteiger charge is 2.27. The molecule has 1 saturated heterocycles. The molecule has 0 N–H and O–H groups in total. The maximum Gasteiger partial charge on any atom is 0.219 e. The zero-order chi connectivity index (χ0) is 19.2. The van der Waals surface area contributed by atoms with Gasteiger partial charge in [0.15, 0.2) is 0 Å². The van der Waals surface area contributed by atoms with E-state index in [1.807, 2.05) is 23.9 Å². The summed E-state index contributed by atoms with van der Waals surface area (Å²) < 4.78 is 0. The van der Waals surface area contributed by atoms with Gasteiger partial charge in [-0.3, -0.25) is 4.79 Å². The molecule has 6 nitrogen and oxygen atoms in total. The molecule has 150 valence electrons. The van der Waals surface area contributed by atoms with Crippen LogP contribution in [0.4, 0.5) is 5.82 Å². The quantitative estimate of drug-likeness (QED) is 0.793. The summed E-state index contributed by atoms with van der Waals surface area (Å²) >= 11 is 0. The molecule has 1 aromatic heterocycles. The van der Waals surface area contributed by atoms with Crippen LogP contribution in [-0.2, 0) is 11.2 Å². The summed E-state index contributed by atoms with van der Waals surface area (Å²) in [4.78, 5) is 27.5. The number of amides is 1. The third-order valence-corrected chi connectivity index (χ3v) is 6.03. The highest BCUT2D eigenvalue weighted by molar-refractivity contribution is 5.73. The second kappa shape index (κ2) is 9.49. The molecule has 0 radical (unpaired) electrons.